The van der Waals surface area contributed by atoms with Crippen molar-refractivity contribution in [1.29, 1.82) is 0 Å². The van der Waals surface area contributed by atoms with Crippen molar-refractivity contribution in [2.24, 2.45) is 11.8 Å². The van der Waals surface area contributed by atoms with Gasteiger partial charge in [0.2, 0.25) is 5.91 Å². The van der Waals surface area contributed by atoms with E-state index in [1.807, 2.05) is 35.2 Å². The molecule has 0 atom stereocenters. The molecule has 0 radical (unpaired) electrons. The normalized spacial score (nSPS) is 18.7. The average Bonchev–Trinajstić information content (AvgIpc) is 3.19. The number of rotatable bonds is 7. The molecule has 1 saturated carbocycles. The van der Waals surface area contributed by atoms with Crippen LogP contribution in [-0.2, 0) is 9.59 Å². The summed E-state index contributed by atoms with van der Waals surface area (Å²) >= 11 is 0. The van der Waals surface area contributed by atoms with Crippen molar-refractivity contribution in [2.75, 3.05) is 26.2 Å². The van der Waals surface area contributed by atoms with Gasteiger partial charge in [0.1, 0.15) is 5.75 Å². The molecule has 2 amide bonds. The van der Waals surface area contributed by atoms with Gasteiger partial charge in [-0.25, -0.2) is 0 Å². The monoisotopic (exact) mass is 358 g/mol. The number of hydrogen-bond donors (Lipinski definition) is 1. The standard InChI is InChI=1S/C21H30N2O3/c24-20(16-26-19-8-2-1-3-9-19)22-15-18-10-12-23(13-11-18)21(25)14-17-6-4-5-7-17/h1-3,8-9,17-18H,4-7,10-16H2,(H,22,24). The van der Waals surface area contributed by atoms with E-state index >= 15 is 0 Å². The van der Waals surface area contributed by atoms with E-state index in [1.165, 1.54) is 25.7 Å². The van der Waals surface area contributed by atoms with E-state index in [0.717, 1.165) is 32.4 Å². The van der Waals surface area contributed by atoms with Crippen LogP contribution in [0.1, 0.15) is 44.9 Å². The highest BCUT2D eigenvalue weighted by Gasteiger charge is 2.26. The predicted molar refractivity (Wildman–Crippen MR) is 101 cm³/mol. The van der Waals surface area contributed by atoms with Crippen molar-refractivity contribution >= 4 is 11.8 Å². The van der Waals surface area contributed by atoms with Gasteiger partial charge in [-0.05, 0) is 49.7 Å². The lowest BCUT2D eigenvalue weighted by Crippen LogP contribution is -2.42. The van der Waals surface area contributed by atoms with E-state index in [1.54, 1.807) is 0 Å². The van der Waals surface area contributed by atoms with Gasteiger partial charge in [-0.1, -0.05) is 31.0 Å². The Hall–Kier alpha value is -2.04. The first-order valence-electron chi connectivity index (χ1n) is 9.93. The number of para-hydroxylation sites is 1. The molecular weight excluding hydrogens is 328 g/mol. The number of carbonyl (C=O) groups is 2. The van der Waals surface area contributed by atoms with Crippen LogP contribution >= 0.6 is 0 Å². The molecule has 5 nitrogen and oxygen atoms in total. The molecule has 2 aliphatic rings. The number of nitrogens with zero attached hydrogens (tertiary/aromatic N) is 1. The lowest BCUT2D eigenvalue weighted by Gasteiger charge is -2.32. The number of likely N-dealkylation sites (tertiary alicyclic amines) is 1. The Morgan fingerprint density at radius 2 is 1.69 bits per heavy atom. The largest absolute Gasteiger partial charge is 0.484 e. The van der Waals surface area contributed by atoms with Gasteiger partial charge in [0.25, 0.3) is 5.91 Å². The summed E-state index contributed by atoms with van der Waals surface area (Å²) in [6, 6.07) is 9.36. The van der Waals surface area contributed by atoms with Crippen LogP contribution in [0.25, 0.3) is 0 Å². The second kappa shape index (κ2) is 9.60. The Kier molecular flexibility index (Phi) is 6.92. The third kappa shape index (κ3) is 5.75. The van der Waals surface area contributed by atoms with Gasteiger partial charge in [-0.3, -0.25) is 9.59 Å². The third-order valence-corrected chi connectivity index (χ3v) is 5.61. The van der Waals surface area contributed by atoms with E-state index in [-0.39, 0.29) is 12.5 Å². The maximum Gasteiger partial charge on any atom is 0.257 e. The average molecular weight is 358 g/mol. The molecule has 142 valence electrons. The summed E-state index contributed by atoms with van der Waals surface area (Å²) in [6.45, 7) is 2.36. The highest BCUT2D eigenvalue weighted by Crippen LogP contribution is 2.28. The summed E-state index contributed by atoms with van der Waals surface area (Å²) in [6.07, 6.45) is 7.69. The summed E-state index contributed by atoms with van der Waals surface area (Å²) in [5.74, 6) is 2.01. The van der Waals surface area contributed by atoms with Crippen molar-refractivity contribution < 1.29 is 14.3 Å². The van der Waals surface area contributed by atoms with Crippen LogP contribution in [0.15, 0.2) is 30.3 Å². The fraction of sp³-hybridized carbons (Fsp3) is 0.619. The number of nitrogens with one attached hydrogen (secondary N) is 1. The first-order chi connectivity index (χ1) is 12.7. The van der Waals surface area contributed by atoms with Crippen LogP contribution in [-0.4, -0.2) is 43.0 Å². The molecule has 2 fully saturated rings. The minimum absolute atomic E-state index is 0.0444. The van der Waals surface area contributed by atoms with Crippen LogP contribution < -0.4 is 10.1 Å². The fourth-order valence-electron chi connectivity index (χ4n) is 3.95. The number of amides is 2. The second-order valence-electron chi connectivity index (χ2n) is 7.58. The Morgan fingerprint density at radius 1 is 1.00 bits per heavy atom. The Balaban J connectivity index is 1.29. The lowest BCUT2D eigenvalue weighted by molar-refractivity contribution is -0.133. The molecule has 1 saturated heterocycles. The van der Waals surface area contributed by atoms with Gasteiger partial charge >= 0.3 is 0 Å². The topological polar surface area (TPSA) is 58.6 Å². The van der Waals surface area contributed by atoms with E-state index in [2.05, 4.69) is 5.32 Å². The molecule has 3 rings (SSSR count). The molecule has 0 bridgehead atoms. The van der Waals surface area contributed by atoms with E-state index in [4.69, 9.17) is 4.74 Å². The van der Waals surface area contributed by atoms with Gasteiger partial charge < -0.3 is 15.0 Å². The van der Waals surface area contributed by atoms with Crippen LogP contribution in [0.2, 0.25) is 0 Å². The van der Waals surface area contributed by atoms with Gasteiger partial charge in [0.15, 0.2) is 6.61 Å². The summed E-state index contributed by atoms with van der Waals surface area (Å²) in [4.78, 5) is 26.3. The van der Waals surface area contributed by atoms with E-state index < -0.39 is 0 Å². The van der Waals surface area contributed by atoms with Crippen molar-refractivity contribution in [2.45, 2.75) is 44.9 Å². The quantitative estimate of drug-likeness (QED) is 0.815. The molecule has 1 N–H and O–H groups in total. The molecule has 1 aliphatic carbocycles. The number of benzene rings is 1. The second-order valence-corrected chi connectivity index (χ2v) is 7.58. The van der Waals surface area contributed by atoms with Crippen molar-refractivity contribution in [1.82, 2.24) is 10.2 Å². The van der Waals surface area contributed by atoms with Crippen LogP contribution in [0.3, 0.4) is 0 Å². The molecule has 26 heavy (non-hydrogen) atoms. The summed E-state index contributed by atoms with van der Waals surface area (Å²) < 4.78 is 5.45. The number of carbonyl (C=O) groups excluding carboxylic acids is 2. The maximum absolute atomic E-state index is 12.4. The Morgan fingerprint density at radius 3 is 2.38 bits per heavy atom. The summed E-state index contributed by atoms with van der Waals surface area (Å²) in [5, 5.41) is 2.96. The zero-order valence-electron chi connectivity index (χ0n) is 15.5. The molecule has 1 aromatic rings. The highest BCUT2D eigenvalue weighted by molar-refractivity contribution is 5.77. The Labute approximate surface area is 156 Å². The SMILES string of the molecule is O=C(COc1ccccc1)NCC1CCN(C(=O)CC2CCCC2)CC1. The zero-order valence-corrected chi connectivity index (χ0v) is 15.5. The zero-order chi connectivity index (χ0) is 18.2. The van der Waals surface area contributed by atoms with E-state index in [9.17, 15) is 9.59 Å². The predicted octanol–water partition coefficient (Wildman–Crippen LogP) is 3.00. The number of hydrogen-bond acceptors (Lipinski definition) is 3. The van der Waals surface area contributed by atoms with Gasteiger partial charge in [-0.2, -0.15) is 0 Å². The highest BCUT2D eigenvalue weighted by atomic mass is 16.5. The van der Waals surface area contributed by atoms with E-state index in [0.29, 0.717) is 30.0 Å². The first kappa shape index (κ1) is 18.7. The first-order valence-corrected chi connectivity index (χ1v) is 9.93. The minimum Gasteiger partial charge on any atom is -0.484 e. The minimum atomic E-state index is -0.0893. The van der Waals surface area contributed by atoms with Gasteiger partial charge in [0, 0.05) is 26.1 Å². The molecule has 5 heteroatoms. The van der Waals surface area contributed by atoms with Crippen LogP contribution in [0, 0.1) is 11.8 Å². The molecular formula is C21H30N2O3. The number of piperidine rings is 1. The van der Waals surface area contributed by atoms with Crippen LogP contribution in [0.5, 0.6) is 5.75 Å². The van der Waals surface area contributed by atoms with Gasteiger partial charge in [-0.15, -0.1) is 0 Å². The molecule has 0 spiro atoms. The summed E-state index contributed by atoms with van der Waals surface area (Å²) in [7, 11) is 0. The van der Waals surface area contributed by atoms with Crippen molar-refractivity contribution in [3.05, 3.63) is 30.3 Å². The molecule has 0 unspecified atom stereocenters. The molecule has 1 aliphatic heterocycles. The number of ether oxygens (including phenoxy) is 1. The maximum atomic E-state index is 12.4. The molecule has 1 heterocycles. The van der Waals surface area contributed by atoms with Crippen molar-refractivity contribution in [3.63, 3.8) is 0 Å². The molecule has 0 aromatic heterocycles. The molecule has 1 aromatic carbocycles. The summed E-state index contributed by atoms with van der Waals surface area (Å²) in [5.41, 5.74) is 0. The van der Waals surface area contributed by atoms with Crippen molar-refractivity contribution in [3.8, 4) is 5.75 Å². The fourth-order valence-corrected chi connectivity index (χ4v) is 3.95. The lowest BCUT2D eigenvalue weighted by atomic mass is 9.95. The Bertz CT molecular complexity index is 576. The third-order valence-electron chi connectivity index (χ3n) is 5.61. The smallest absolute Gasteiger partial charge is 0.257 e. The van der Waals surface area contributed by atoms with Gasteiger partial charge in [0.05, 0.1) is 0 Å². The van der Waals surface area contributed by atoms with Crippen LogP contribution in [0.4, 0.5) is 0 Å².